The van der Waals surface area contributed by atoms with E-state index in [1.807, 2.05) is 12.4 Å². The Balaban J connectivity index is 2.48. The van der Waals surface area contributed by atoms with Gasteiger partial charge >= 0.3 is 0 Å². The fraction of sp³-hybridized carbons (Fsp3) is 0.455. The van der Waals surface area contributed by atoms with Gasteiger partial charge in [-0.1, -0.05) is 20.8 Å². The molecular formula is C11H14N2. The quantitative estimate of drug-likeness (QED) is 0.593. The molecule has 2 nitrogen and oxygen atoms in total. The molecule has 2 heteroatoms. The topological polar surface area (TPSA) is 25.2 Å². The lowest BCUT2D eigenvalue weighted by molar-refractivity contribution is 0.592. The molecule has 0 aliphatic carbocycles. The molecule has 0 aromatic carbocycles. The number of rotatable bonds is 0. The number of hydrogen-bond acceptors (Lipinski definition) is 2. The van der Waals surface area contributed by atoms with Crippen LogP contribution in [0.4, 0.5) is 0 Å². The molecule has 1 aliphatic rings. The fourth-order valence-electron chi connectivity index (χ4n) is 1.66. The van der Waals surface area contributed by atoms with Crippen LogP contribution in [-0.2, 0) is 6.54 Å². The first kappa shape index (κ1) is 8.42. The monoisotopic (exact) mass is 174 g/mol. The van der Waals surface area contributed by atoms with Crippen LogP contribution in [0.3, 0.4) is 0 Å². The zero-order chi connectivity index (χ0) is 9.47. The second kappa shape index (κ2) is 2.66. The summed E-state index contributed by atoms with van der Waals surface area (Å²) < 4.78 is 0. The maximum absolute atomic E-state index is 4.55. The highest BCUT2D eigenvalue weighted by atomic mass is 14.8. The summed E-state index contributed by atoms with van der Waals surface area (Å²) in [5.74, 6) is 0. The first-order valence-electron chi connectivity index (χ1n) is 4.57. The number of pyridine rings is 1. The van der Waals surface area contributed by atoms with Crippen molar-refractivity contribution in [2.75, 3.05) is 0 Å². The molecule has 0 saturated carbocycles. The molecule has 0 amide bonds. The Hall–Kier alpha value is -1.18. The molecule has 2 rings (SSSR count). The third-order valence-electron chi connectivity index (χ3n) is 2.28. The first-order valence-corrected chi connectivity index (χ1v) is 4.57. The first-order chi connectivity index (χ1) is 6.09. The van der Waals surface area contributed by atoms with Gasteiger partial charge in [0.05, 0.1) is 6.54 Å². The van der Waals surface area contributed by atoms with E-state index in [0.717, 1.165) is 6.54 Å². The van der Waals surface area contributed by atoms with Crippen LogP contribution in [0.2, 0.25) is 0 Å². The van der Waals surface area contributed by atoms with Gasteiger partial charge in [0.1, 0.15) is 0 Å². The van der Waals surface area contributed by atoms with Crippen LogP contribution >= 0.6 is 0 Å². The smallest absolute Gasteiger partial charge is 0.0651 e. The maximum atomic E-state index is 4.55. The van der Waals surface area contributed by atoms with Crippen LogP contribution in [-0.4, -0.2) is 10.7 Å². The predicted molar refractivity (Wildman–Crippen MR) is 53.9 cm³/mol. The summed E-state index contributed by atoms with van der Waals surface area (Å²) in [5, 5.41) is 0. The van der Waals surface area contributed by atoms with Crippen molar-refractivity contribution in [3.8, 4) is 0 Å². The van der Waals surface area contributed by atoms with Crippen molar-refractivity contribution >= 4 is 5.71 Å². The number of aromatic nitrogens is 1. The van der Waals surface area contributed by atoms with Crippen LogP contribution in [0, 0.1) is 5.41 Å². The van der Waals surface area contributed by atoms with Gasteiger partial charge in [0.2, 0.25) is 0 Å². The molecule has 0 radical (unpaired) electrons. The van der Waals surface area contributed by atoms with Gasteiger partial charge in [-0.05, 0) is 11.6 Å². The molecule has 0 unspecified atom stereocenters. The second-order valence-electron chi connectivity index (χ2n) is 4.45. The standard InChI is InChI=1S/C11H14N2/c1-11(2,3)10-9-7-12-5-4-8(9)6-13-10/h4-5,7H,6H2,1-3H3. The lowest BCUT2D eigenvalue weighted by atomic mass is 9.86. The zero-order valence-corrected chi connectivity index (χ0v) is 8.33. The summed E-state index contributed by atoms with van der Waals surface area (Å²) in [4.78, 5) is 8.69. The van der Waals surface area contributed by atoms with Crippen LogP contribution < -0.4 is 0 Å². The van der Waals surface area contributed by atoms with Crippen LogP contribution in [0.1, 0.15) is 31.9 Å². The van der Waals surface area contributed by atoms with E-state index < -0.39 is 0 Å². The van der Waals surface area contributed by atoms with Crippen LogP contribution in [0.15, 0.2) is 23.5 Å². The molecule has 0 atom stereocenters. The summed E-state index contributed by atoms with van der Waals surface area (Å²) in [6.45, 7) is 7.39. The van der Waals surface area contributed by atoms with Gasteiger partial charge in [0, 0.05) is 29.1 Å². The third kappa shape index (κ3) is 1.37. The molecular weight excluding hydrogens is 160 g/mol. The minimum absolute atomic E-state index is 0.133. The van der Waals surface area contributed by atoms with Gasteiger partial charge in [0.25, 0.3) is 0 Å². The van der Waals surface area contributed by atoms with Gasteiger partial charge < -0.3 is 0 Å². The van der Waals surface area contributed by atoms with Gasteiger partial charge in [0.15, 0.2) is 0 Å². The predicted octanol–water partition coefficient (Wildman–Crippen LogP) is 2.43. The van der Waals surface area contributed by atoms with E-state index in [1.165, 1.54) is 16.8 Å². The minimum atomic E-state index is 0.133. The van der Waals surface area contributed by atoms with E-state index in [9.17, 15) is 0 Å². The lowest BCUT2D eigenvalue weighted by Gasteiger charge is -2.19. The Bertz CT molecular complexity index is 359. The lowest BCUT2D eigenvalue weighted by Crippen LogP contribution is -2.19. The number of fused-ring (bicyclic) bond motifs is 1. The summed E-state index contributed by atoms with van der Waals surface area (Å²) in [6, 6.07) is 2.05. The minimum Gasteiger partial charge on any atom is -0.284 e. The maximum Gasteiger partial charge on any atom is 0.0651 e. The molecule has 0 bridgehead atoms. The Labute approximate surface area is 78.7 Å². The summed E-state index contributed by atoms with van der Waals surface area (Å²) in [7, 11) is 0. The largest absolute Gasteiger partial charge is 0.284 e. The van der Waals surface area contributed by atoms with Crippen LogP contribution in [0.25, 0.3) is 0 Å². The summed E-state index contributed by atoms with van der Waals surface area (Å²) in [5.41, 5.74) is 3.86. The third-order valence-corrected chi connectivity index (χ3v) is 2.28. The van der Waals surface area contributed by atoms with Gasteiger partial charge in [-0.25, -0.2) is 0 Å². The van der Waals surface area contributed by atoms with Crippen LogP contribution in [0.5, 0.6) is 0 Å². The van der Waals surface area contributed by atoms with Gasteiger partial charge in [-0.3, -0.25) is 9.98 Å². The van der Waals surface area contributed by atoms with E-state index in [-0.39, 0.29) is 5.41 Å². The highest BCUT2D eigenvalue weighted by molar-refractivity contribution is 6.06. The van der Waals surface area contributed by atoms with Crippen molar-refractivity contribution in [2.24, 2.45) is 10.4 Å². The van der Waals surface area contributed by atoms with E-state index in [2.05, 4.69) is 36.8 Å². The number of aliphatic imine (C=N–C) groups is 1. The molecule has 1 aliphatic heterocycles. The Morgan fingerprint density at radius 3 is 2.77 bits per heavy atom. The average molecular weight is 174 g/mol. The van der Waals surface area contributed by atoms with E-state index in [4.69, 9.17) is 0 Å². The number of nitrogens with zero attached hydrogens (tertiary/aromatic N) is 2. The Morgan fingerprint density at radius 2 is 2.08 bits per heavy atom. The zero-order valence-electron chi connectivity index (χ0n) is 8.33. The van der Waals surface area contributed by atoms with Crippen molar-refractivity contribution in [1.29, 1.82) is 0 Å². The van der Waals surface area contributed by atoms with Gasteiger partial charge in [-0.2, -0.15) is 0 Å². The van der Waals surface area contributed by atoms with E-state index in [1.54, 1.807) is 0 Å². The molecule has 0 fully saturated rings. The molecule has 0 spiro atoms. The fourth-order valence-corrected chi connectivity index (χ4v) is 1.66. The van der Waals surface area contributed by atoms with E-state index in [0.29, 0.717) is 0 Å². The highest BCUT2D eigenvalue weighted by Gasteiger charge is 2.26. The molecule has 13 heavy (non-hydrogen) atoms. The number of hydrogen-bond donors (Lipinski definition) is 0. The molecule has 2 heterocycles. The molecule has 0 N–H and O–H groups in total. The van der Waals surface area contributed by atoms with Crippen molar-refractivity contribution in [2.45, 2.75) is 27.3 Å². The summed E-state index contributed by atoms with van der Waals surface area (Å²) >= 11 is 0. The second-order valence-corrected chi connectivity index (χ2v) is 4.45. The van der Waals surface area contributed by atoms with E-state index >= 15 is 0 Å². The normalized spacial score (nSPS) is 15.5. The van der Waals surface area contributed by atoms with Crippen molar-refractivity contribution in [1.82, 2.24) is 4.98 Å². The Morgan fingerprint density at radius 1 is 1.31 bits per heavy atom. The Kier molecular flexibility index (Phi) is 1.72. The summed E-state index contributed by atoms with van der Waals surface area (Å²) in [6.07, 6.45) is 3.76. The van der Waals surface area contributed by atoms with Crippen molar-refractivity contribution in [3.63, 3.8) is 0 Å². The molecule has 1 aromatic rings. The van der Waals surface area contributed by atoms with Crippen molar-refractivity contribution < 1.29 is 0 Å². The average Bonchev–Trinajstić information content (AvgIpc) is 2.45. The molecule has 0 saturated heterocycles. The molecule has 68 valence electrons. The van der Waals surface area contributed by atoms with Gasteiger partial charge in [-0.15, -0.1) is 0 Å². The highest BCUT2D eigenvalue weighted by Crippen LogP contribution is 2.28. The SMILES string of the molecule is CC(C)(C)C1=NCc2ccncc21. The van der Waals surface area contributed by atoms with Crippen molar-refractivity contribution in [3.05, 3.63) is 29.6 Å². The molecule has 1 aromatic heterocycles.